The van der Waals surface area contributed by atoms with E-state index in [0.29, 0.717) is 17.4 Å². The molecular weight excluding hydrogens is 226 g/mol. The molecule has 0 radical (unpaired) electrons. The first kappa shape index (κ1) is 12.8. The largest absolute Gasteiger partial charge is 0.383 e. The number of hydrogen-bond acceptors (Lipinski definition) is 4. The van der Waals surface area contributed by atoms with Crippen molar-refractivity contribution in [3.8, 4) is 0 Å². The molecule has 0 aromatic carbocycles. The van der Waals surface area contributed by atoms with E-state index in [-0.39, 0.29) is 0 Å². The van der Waals surface area contributed by atoms with Crippen molar-refractivity contribution in [1.82, 2.24) is 19.6 Å². The monoisotopic (exact) mass is 247 g/mol. The van der Waals surface area contributed by atoms with E-state index >= 15 is 0 Å². The fourth-order valence-corrected chi connectivity index (χ4v) is 2.22. The number of nitrogens with two attached hydrogens (primary N) is 1. The molecule has 98 valence electrons. The van der Waals surface area contributed by atoms with E-state index in [1.807, 2.05) is 6.92 Å². The molecule has 2 rings (SSSR count). The molecule has 5 nitrogen and oxygen atoms in total. The van der Waals surface area contributed by atoms with Gasteiger partial charge in [0.05, 0.1) is 5.69 Å². The lowest BCUT2D eigenvalue weighted by Gasteiger charge is -2.11. The predicted octanol–water partition coefficient (Wildman–Crippen LogP) is 2.31. The molecule has 2 N–H and O–H groups in total. The van der Waals surface area contributed by atoms with E-state index in [1.165, 1.54) is 12.8 Å². The molecule has 18 heavy (non-hydrogen) atoms. The van der Waals surface area contributed by atoms with Crippen molar-refractivity contribution in [2.75, 3.05) is 5.73 Å². The number of unbranched alkanes of at least 4 members (excludes halogenated alkanes) is 2. The van der Waals surface area contributed by atoms with Gasteiger partial charge < -0.3 is 5.73 Å². The van der Waals surface area contributed by atoms with Crippen molar-refractivity contribution in [2.45, 2.75) is 52.9 Å². The first-order valence-electron chi connectivity index (χ1n) is 6.68. The summed E-state index contributed by atoms with van der Waals surface area (Å²) in [5.41, 5.74) is 8.41. The Bertz CT molecular complexity index is 544. The maximum atomic E-state index is 6.21. The van der Waals surface area contributed by atoms with E-state index in [1.54, 1.807) is 4.52 Å². The Hall–Kier alpha value is -1.65. The van der Waals surface area contributed by atoms with E-state index in [0.717, 1.165) is 30.5 Å². The lowest BCUT2D eigenvalue weighted by atomic mass is 10.0. The molecule has 0 saturated carbocycles. The third kappa shape index (κ3) is 2.30. The Morgan fingerprint density at radius 1 is 1.17 bits per heavy atom. The highest BCUT2D eigenvalue weighted by atomic mass is 15.4. The molecule has 2 heterocycles. The second kappa shape index (κ2) is 5.33. The highest BCUT2D eigenvalue weighted by molar-refractivity contribution is 5.49. The summed E-state index contributed by atoms with van der Waals surface area (Å²) in [6.07, 6.45) is 5.43. The zero-order valence-corrected chi connectivity index (χ0v) is 11.4. The van der Waals surface area contributed by atoms with Crippen LogP contribution in [0.2, 0.25) is 0 Å². The van der Waals surface area contributed by atoms with Crippen molar-refractivity contribution in [2.24, 2.45) is 0 Å². The van der Waals surface area contributed by atoms with Crippen LogP contribution < -0.4 is 5.73 Å². The van der Waals surface area contributed by atoms with Crippen molar-refractivity contribution in [1.29, 1.82) is 0 Å². The highest BCUT2D eigenvalue weighted by Crippen LogP contribution is 2.20. The second-order valence-electron chi connectivity index (χ2n) is 4.60. The van der Waals surface area contributed by atoms with Gasteiger partial charge in [0, 0.05) is 5.56 Å². The molecule has 0 fully saturated rings. The summed E-state index contributed by atoms with van der Waals surface area (Å²) < 4.78 is 1.66. The summed E-state index contributed by atoms with van der Waals surface area (Å²) in [6.45, 7) is 6.16. The van der Waals surface area contributed by atoms with Gasteiger partial charge in [-0.05, 0) is 26.2 Å². The molecule has 0 bridgehead atoms. The molecule has 0 spiro atoms. The third-order valence-corrected chi connectivity index (χ3v) is 3.18. The molecule has 0 saturated heterocycles. The van der Waals surface area contributed by atoms with Gasteiger partial charge in [-0.3, -0.25) is 0 Å². The lowest BCUT2D eigenvalue weighted by molar-refractivity contribution is 0.706. The van der Waals surface area contributed by atoms with Gasteiger partial charge in [0.1, 0.15) is 11.6 Å². The topological polar surface area (TPSA) is 69.1 Å². The van der Waals surface area contributed by atoms with E-state index < -0.39 is 0 Å². The summed E-state index contributed by atoms with van der Waals surface area (Å²) in [4.78, 5) is 8.84. The number of anilines is 1. The number of nitrogens with zero attached hydrogens (tertiary/aromatic N) is 4. The molecule has 0 aliphatic rings. The van der Waals surface area contributed by atoms with Crippen LogP contribution in [-0.4, -0.2) is 19.6 Å². The van der Waals surface area contributed by atoms with Crippen LogP contribution in [0.5, 0.6) is 0 Å². The second-order valence-corrected chi connectivity index (χ2v) is 4.60. The van der Waals surface area contributed by atoms with Crippen LogP contribution in [0.25, 0.3) is 5.78 Å². The average molecular weight is 247 g/mol. The minimum atomic E-state index is 0.612. The molecule has 0 atom stereocenters. The maximum Gasteiger partial charge on any atom is 0.254 e. The van der Waals surface area contributed by atoms with Crippen LogP contribution in [0.15, 0.2) is 0 Å². The summed E-state index contributed by atoms with van der Waals surface area (Å²) in [7, 11) is 0. The molecule has 2 aromatic heterocycles. The zero-order valence-electron chi connectivity index (χ0n) is 11.4. The Kier molecular flexibility index (Phi) is 3.79. The van der Waals surface area contributed by atoms with E-state index in [2.05, 4.69) is 28.9 Å². The highest BCUT2D eigenvalue weighted by Gasteiger charge is 2.13. The Morgan fingerprint density at radius 2 is 1.94 bits per heavy atom. The number of aromatic nitrogens is 4. The van der Waals surface area contributed by atoms with Gasteiger partial charge >= 0.3 is 0 Å². The number of aryl methyl sites for hydroxylation is 2. The van der Waals surface area contributed by atoms with Gasteiger partial charge in [-0.2, -0.15) is 9.50 Å². The number of nitrogen functional groups attached to an aromatic ring is 1. The van der Waals surface area contributed by atoms with Crippen LogP contribution in [0.3, 0.4) is 0 Å². The smallest absolute Gasteiger partial charge is 0.254 e. The first-order valence-corrected chi connectivity index (χ1v) is 6.68. The van der Waals surface area contributed by atoms with E-state index in [9.17, 15) is 0 Å². The van der Waals surface area contributed by atoms with Crippen LogP contribution >= 0.6 is 0 Å². The predicted molar refractivity (Wildman–Crippen MR) is 72.5 cm³/mol. The van der Waals surface area contributed by atoms with Gasteiger partial charge in [-0.15, -0.1) is 5.10 Å². The Morgan fingerprint density at radius 3 is 2.61 bits per heavy atom. The van der Waals surface area contributed by atoms with Crippen molar-refractivity contribution < 1.29 is 0 Å². The fraction of sp³-hybridized carbons (Fsp3) is 0.615. The van der Waals surface area contributed by atoms with Crippen LogP contribution in [0, 0.1) is 6.92 Å². The van der Waals surface area contributed by atoms with Crippen molar-refractivity contribution in [3.63, 3.8) is 0 Å². The number of hydrogen-bond donors (Lipinski definition) is 1. The van der Waals surface area contributed by atoms with Gasteiger partial charge in [-0.1, -0.05) is 26.7 Å². The molecule has 0 amide bonds. The van der Waals surface area contributed by atoms with Crippen LogP contribution in [0.4, 0.5) is 5.82 Å². The molecule has 0 aliphatic carbocycles. The fourth-order valence-electron chi connectivity index (χ4n) is 2.22. The number of fused-ring (bicyclic) bond motifs is 1. The van der Waals surface area contributed by atoms with Gasteiger partial charge in [0.2, 0.25) is 0 Å². The summed E-state index contributed by atoms with van der Waals surface area (Å²) in [5.74, 6) is 2.02. The summed E-state index contributed by atoms with van der Waals surface area (Å²) in [5, 5.41) is 4.30. The summed E-state index contributed by atoms with van der Waals surface area (Å²) >= 11 is 0. The minimum absolute atomic E-state index is 0.612. The zero-order chi connectivity index (χ0) is 13.1. The van der Waals surface area contributed by atoms with Gasteiger partial charge in [0.15, 0.2) is 0 Å². The standard InChI is InChI=1S/C13H21N5/c1-4-6-7-8-10-11(5-2)16-13-15-9(3)17-18(13)12(10)14/h4-8,14H2,1-3H3. The SMILES string of the molecule is CCCCCc1c(CC)nc2nc(C)nn2c1N. The Labute approximate surface area is 107 Å². The lowest BCUT2D eigenvalue weighted by Crippen LogP contribution is -2.10. The molecule has 0 aliphatic heterocycles. The summed E-state index contributed by atoms with van der Waals surface area (Å²) in [6, 6.07) is 0. The van der Waals surface area contributed by atoms with Crippen molar-refractivity contribution >= 4 is 11.6 Å². The maximum absolute atomic E-state index is 6.21. The molecular formula is C13H21N5. The van der Waals surface area contributed by atoms with Crippen LogP contribution in [-0.2, 0) is 12.8 Å². The molecule has 2 aromatic rings. The normalized spacial score (nSPS) is 11.3. The first-order chi connectivity index (χ1) is 8.67. The molecule has 0 unspecified atom stereocenters. The molecule has 5 heteroatoms. The van der Waals surface area contributed by atoms with E-state index in [4.69, 9.17) is 5.73 Å². The minimum Gasteiger partial charge on any atom is -0.383 e. The quantitative estimate of drug-likeness (QED) is 0.823. The number of rotatable bonds is 5. The average Bonchev–Trinajstić information content (AvgIpc) is 2.73. The van der Waals surface area contributed by atoms with Crippen LogP contribution in [0.1, 0.15) is 50.2 Å². The van der Waals surface area contributed by atoms with Gasteiger partial charge in [-0.25, -0.2) is 4.98 Å². The van der Waals surface area contributed by atoms with Gasteiger partial charge in [0.25, 0.3) is 5.78 Å². The Balaban J connectivity index is 2.44. The third-order valence-electron chi connectivity index (χ3n) is 3.18. The van der Waals surface area contributed by atoms with Crippen molar-refractivity contribution in [3.05, 3.63) is 17.1 Å².